The number of aromatic nitrogens is 3. The molecule has 0 spiro atoms. The number of piperazine rings is 1. The zero-order valence-electron chi connectivity index (χ0n) is 26.4. The quantitative estimate of drug-likeness (QED) is 0.124. The van der Waals surface area contributed by atoms with Crippen molar-refractivity contribution < 1.29 is 13.6 Å². The Bertz CT molecular complexity index is 1430. The van der Waals surface area contributed by atoms with E-state index in [1.807, 2.05) is 0 Å². The molecule has 9 nitrogen and oxygen atoms in total. The number of amides is 1. The molecule has 0 atom stereocenters. The van der Waals surface area contributed by atoms with Gasteiger partial charge in [0.2, 0.25) is 5.91 Å². The molecule has 0 saturated carbocycles. The molecule has 1 aromatic carbocycles. The molecule has 2 aromatic heterocycles. The van der Waals surface area contributed by atoms with E-state index < -0.39 is 14.1 Å². The topological polar surface area (TPSA) is 95.5 Å². The van der Waals surface area contributed by atoms with Gasteiger partial charge in [-0.25, -0.2) is 9.37 Å². The van der Waals surface area contributed by atoms with E-state index >= 15 is 0 Å². The number of pyridine rings is 1. The number of carbonyl (C=O) groups is 1. The van der Waals surface area contributed by atoms with Gasteiger partial charge in [0.05, 0.1) is 11.4 Å². The summed E-state index contributed by atoms with van der Waals surface area (Å²) >= 11 is 7.67. The standard InChI is InChI=1S/C31H43ClFN7O2SSi/c1-31(2,3)44(5,6)42-17-18-43-30-27(21-26(37-38-30)24-19-22(32)7-8-25(24)33)35-23-9-11-34-28(20-23)36-29(41)10-12-40-15-13-39(4)14-16-40/h7-9,11,19-21H,10,12-18H2,1-6H3,(H2,34,35,36,37,41). The summed E-state index contributed by atoms with van der Waals surface area (Å²) in [5.74, 6) is 0.587. The highest BCUT2D eigenvalue weighted by Crippen LogP contribution is 2.37. The summed E-state index contributed by atoms with van der Waals surface area (Å²) in [7, 11) is 0.226. The summed E-state index contributed by atoms with van der Waals surface area (Å²) in [6.45, 7) is 16.3. The van der Waals surface area contributed by atoms with Crippen LogP contribution in [0.25, 0.3) is 11.3 Å². The summed E-state index contributed by atoms with van der Waals surface area (Å²) in [5, 5.41) is 16.2. The number of thioether (sulfide) groups is 1. The minimum Gasteiger partial charge on any atom is -0.416 e. The summed E-state index contributed by atoms with van der Waals surface area (Å²) < 4.78 is 21.1. The molecular weight excluding hydrogens is 617 g/mol. The van der Waals surface area contributed by atoms with Gasteiger partial charge in [0.25, 0.3) is 0 Å². The Kier molecular flexibility index (Phi) is 11.8. The second-order valence-corrected chi connectivity index (χ2v) is 18.9. The lowest BCUT2D eigenvalue weighted by atomic mass is 10.1. The third kappa shape index (κ3) is 9.69. The molecular formula is C31H43ClFN7O2SSi. The molecule has 4 rings (SSSR count). The lowest BCUT2D eigenvalue weighted by Gasteiger charge is -2.36. The average Bonchev–Trinajstić information content (AvgIpc) is 2.96. The van der Waals surface area contributed by atoms with Crippen molar-refractivity contribution in [2.75, 3.05) is 62.8 Å². The molecule has 1 amide bonds. The predicted octanol–water partition coefficient (Wildman–Crippen LogP) is 6.76. The Morgan fingerprint density at radius 1 is 1.11 bits per heavy atom. The zero-order valence-corrected chi connectivity index (χ0v) is 29.0. The molecule has 2 N–H and O–H groups in total. The number of carbonyl (C=O) groups excluding carboxylic acids is 1. The fourth-order valence-corrected chi connectivity index (χ4v) is 6.41. The molecule has 0 aliphatic carbocycles. The first kappa shape index (κ1) is 34.3. The van der Waals surface area contributed by atoms with E-state index in [1.165, 1.54) is 30.0 Å². The van der Waals surface area contributed by atoms with E-state index in [-0.39, 0.29) is 16.5 Å². The number of anilines is 3. The van der Waals surface area contributed by atoms with Crippen LogP contribution in [-0.4, -0.2) is 91.3 Å². The second-order valence-electron chi connectivity index (χ2n) is 12.5. The van der Waals surface area contributed by atoms with Gasteiger partial charge in [0.1, 0.15) is 16.7 Å². The normalized spacial score (nSPS) is 14.9. The van der Waals surface area contributed by atoms with Gasteiger partial charge in [-0.2, -0.15) is 0 Å². The van der Waals surface area contributed by atoms with Gasteiger partial charge in [-0.05, 0) is 55.5 Å². The van der Waals surface area contributed by atoms with E-state index in [4.69, 9.17) is 16.0 Å². The summed E-state index contributed by atoms with van der Waals surface area (Å²) in [5.41, 5.74) is 1.94. The number of nitrogens with zero attached hydrogens (tertiary/aromatic N) is 5. The van der Waals surface area contributed by atoms with E-state index in [9.17, 15) is 9.18 Å². The minimum atomic E-state index is -1.89. The van der Waals surface area contributed by atoms with Crippen LogP contribution < -0.4 is 10.6 Å². The Balaban J connectivity index is 1.48. The van der Waals surface area contributed by atoms with Crippen molar-refractivity contribution in [2.45, 2.75) is 50.4 Å². The van der Waals surface area contributed by atoms with Gasteiger partial charge in [0, 0.05) is 80.0 Å². The Labute approximate surface area is 270 Å². The molecule has 1 fully saturated rings. The van der Waals surface area contributed by atoms with Gasteiger partial charge >= 0.3 is 0 Å². The SMILES string of the molecule is CN1CCN(CCC(=O)Nc2cc(Nc3cc(-c4cc(Cl)ccc4F)nnc3SCCO[Si](C)(C)C(C)(C)C)ccn2)CC1. The van der Waals surface area contributed by atoms with Crippen LogP contribution in [0.4, 0.5) is 21.6 Å². The van der Waals surface area contributed by atoms with Crippen LogP contribution in [0, 0.1) is 5.82 Å². The Hall–Kier alpha value is -2.61. The van der Waals surface area contributed by atoms with Crippen LogP contribution >= 0.6 is 23.4 Å². The van der Waals surface area contributed by atoms with E-state index in [0.29, 0.717) is 58.3 Å². The number of rotatable bonds is 12. The highest BCUT2D eigenvalue weighted by molar-refractivity contribution is 7.99. The molecule has 3 heterocycles. The highest BCUT2D eigenvalue weighted by atomic mass is 35.5. The molecule has 3 aromatic rings. The van der Waals surface area contributed by atoms with E-state index in [0.717, 1.165) is 26.2 Å². The first-order chi connectivity index (χ1) is 20.8. The van der Waals surface area contributed by atoms with E-state index in [1.54, 1.807) is 24.4 Å². The molecule has 44 heavy (non-hydrogen) atoms. The van der Waals surface area contributed by atoms with Crippen molar-refractivity contribution >= 4 is 54.8 Å². The number of likely N-dealkylation sites (N-methyl/N-ethyl adjacent to an activating group) is 1. The number of hydrogen-bond donors (Lipinski definition) is 2. The van der Waals surface area contributed by atoms with Gasteiger partial charge in [-0.3, -0.25) is 4.79 Å². The zero-order chi connectivity index (χ0) is 31.9. The van der Waals surface area contributed by atoms with Crippen molar-refractivity contribution in [3.63, 3.8) is 0 Å². The maximum absolute atomic E-state index is 14.7. The Morgan fingerprint density at radius 2 is 1.86 bits per heavy atom. The molecule has 238 valence electrons. The maximum atomic E-state index is 14.7. The van der Waals surface area contributed by atoms with Crippen LogP contribution in [0.15, 0.2) is 47.6 Å². The third-order valence-corrected chi connectivity index (χ3v) is 13.8. The lowest BCUT2D eigenvalue weighted by Crippen LogP contribution is -2.45. The fourth-order valence-electron chi connectivity index (χ4n) is 4.32. The fraction of sp³-hybridized carbons (Fsp3) is 0.484. The van der Waals surface area contributed by atoms with Crippen molar-refractivity contribution in [1.29, 1.82) is 0 Å². The van der Waals surface area contributed by atoms with Crippen molar-refractivity contribution in [3.8, 4) is 11.3 Å². The first-order valence-electron chi connectivity index (χ1n) is 14.8. The summed E-state index contributed by atoms with van der Waals surface area (Å²) in [4.78, 5) is 21.6. The van der Waals surface area contributed by atoms with Crippen LogP contribution in [0.2, 0.25) is 23.2 Å². The smallest absolute Gasteiger partial charge is 0.226 e. The largest absolute Gasteiger partial charge is 0.416 e. The number of hydrogen-bond acceptors (Lipinski definition) is 9. The molecule has 1 aliphatic rings. The highest BCUT2D eigenvalue weighted by Gasteiger charge is 2.36. The van der Waals surface area contributed by atoms with Crippen molar-refractivity contribution in [3.05, 3.63) is 53.4 Å². The van der Waals surface area contributed by atoms with Gasteiger partial charge in [-0.1, -0.05) is 32.4 Å². The average molecular weight is 660 g/mol. The van der Waals surface area contributed by atoms with Crippen LogP contribution in [-0.2, 0) is 9.22 Å². The van der Waals surface area contributed by atoms with Crippen LogP contribution in [0.3, 0.4) is 0 Å². The van der Waals surface area contributed by atoms with Crippen LogP contribution in [0.1, 0.15) is 27.2 Å². The predicted molar refractivity (Wildman–Crippen MR) is 181 cm³/mol. The molecule has 0 unspecified atom stereocenters. The molecule has 0 radical (unpaired) electrons. The second kappa shape index (κ2) is 15.1. The Morgan fingerprint density at radius 3 is 2.59 bits per heavy atom. The molecule has 13 heteroatoms. The lowest BCUT2D eigenvalue weighted by molar-refractivity contribution is -0.116. The number of halogens is 2. The minimum absolute atomic E-state index is 0.0872. The molecule has 1 aliphatic heterocycles. The molecule has 1 saturated heterocycles. The maximum Gasteiger partial charge on any atom is 0.226 e. The third-order valence-electron chi connectivity index (χ3n) is 8.11. The van der Waals surface area contributed by atoms with Gasteiger partial charge in [0.15, 0.2) is 8.32 Å². The van der Waals surface area contributed by atoms with Crippen LogP contribution in [0.5, 0.6) is 0 Å². The van der Waals surface area contributed by atoms with Crippen molar-refractivity contribution in [2.24, 2.45) is 0 Å². The summed E-state index contributed by atoms with van der Waals surface area (Å²) in [6, 6.07) is 9.67. The number of nitrogens with one attached hydrogen (secondary N) is 2. The van der Waals surface area contributed by atoms with E-state index in [2.05, 4.69) is 76.5 Å². The first-order valence-corrected chi connectivity index (χ1v) is 19.1. The van der Waals surface area contributed by atoms with Gasteiger partial charge < -0.3 is 24.9 Å². The summed E-state index contributed by atoms with van der Waals surface area (Å²) in [6.07, 6.45) is 2.02. The number of benzene rings is 1. The van der Waals surface area contributed by atoms with Gasteiger partial charge in [-0.15, -0.1) is 22.0 Å². The monoisotopic (exact) mass is 659 g/mol. The van der Waals surface area contributed by atoms with Crippen molar-refractivity contribution in [1.82, 2.24) is 25.0 Å². The molecule has 0 bridgehead atoms.